The zero-order chi connectivity index (χ0) is 9.72. The quantitative estimate of drug-likeness (QED) is 0.398. The van der Waals surface area contributed by atoms with Gasteiger partial charge in [0.05, 0.1) is 10.6 Å². The lowest BCUT2D eigenvalue weighted by molar-refractivity contribution is 0.357. The number of hydrogen-bond donors (Lipinski definition) is 0. The lowest BCUT2D eigenvalue weighted by Crippen LogP contribution is -2.22. The summed E-state index contributed by atoms with van der Waals surface area (Å²) in [6.07, 6.45) is 2.00. The molecule has 0 spiro atoms. The standard InChI is InChI=1S/C8H18Cl2NP/c1-11(2)7(9)5-6-8(10)12(3)4/h7-8H,5-6H2,1-4H3. The van der Waals surface area contributed by atoms with Gasteiger partial charge in [-0.3, -0.25) is 4.90 Å². The van der Waals surface area contributed by atoms with Gasteiger partial charge in [-0.1, -0.05) is 7.92 Å². The number of hydrogen-bond acceptors (Lipinski definition) is 1. The predicted octanol–water partition coefficient (Wildman–Crippen LogP) is 3.20. The van der Waals surface area contributed by atoms with Crippen LogP contribution in [-0.2, 0) is 0 Å². The van der Waals surface area contributed by atoms with Crippen LogP contribution in [0.2, 0.25) is 0 Å². The molecular weight excluding hydrogens is 212 g/mol. The molecule has 0 bridgehead atoms. The molecule has 0 rings (SSSR count). The van der Waals surface area contributed by atoms with Gasteiger partial charge >= 0.3 is 0 Å². The Morgan fingerprint density at radius 2 is 1.67 bits per heavy atom. The average molecular weight is 230 g/mol. The summed E-state index contributed by atoms with van der Waals surface area (Å²) in [5.41, 5.74) is 0.126. The van der Waals surface area contributed by atoms with Crippen LogP contribution in [0.3, 0.4) is 0 Å². The van der Waals surface area contributed by atoms with Gasteiger partial charge < -0.3 is 0 Å². The van der Waals surface area contributed by atoms with E-state index in [1.807, 2.05) is 19.0 Å². The molecule has 0 aliphatic heterocycles. The van der Waals surface area contributed by atoms with Crippen molar-refractivity contribution in [2.45, 2.75) is 23.5 Å². The summed E-state index contributed by atoms with van der Waals surface area (Å²) in [5, 5.41) is 0.321. The van der Waals surface area contributed by atoms with E-state index in [4.69, 9.17) is 23.2 Å². The first-order chi connectivity index (χ1) is 5.45. The molecule has 74 valence electrons. The van der Waals surface area contributed by atoms with Crippen molar-refractivity contribution in [3.63, 3.8) is 0 Å². The van der Waals surface area contributed by atoms with E-state index in [1.165, 1.54) is 0 Å². The first kappa shape index (κ1) is 13.0. The molecule has 0 radical (unpaired) electrons. The summed E-state index contributed by atoms with van der Waals surface area (Å²) >= 11 is 12.2. The normalized spacial score (nSPS) is 17.0. The van der Waals surface area contributed by atoms with E-state index in [2.05, 4.69) is 13.3 Å². The van der Waals surface area contributed by atoms with Gasteiger partial charge in [-0.2, -0.15) is 0 Å². The molecule has 0 aromatic carbocycles. The van der Waals surface area contributed by atoms with Crippen molar-refractivity contribution < 1.29 is 0 Å². The van der Waals surface area contributed by atoms with Crippen molar-refractivity contribution in [3.05, 3.63) is 0 Å². The smallest absolute Gasteiger partial charge is 0.0846 e. The molecule has 2 unspecified atom stereocenters. The van der Waals surface area contributed by atoms with Crippen LogP contribution >= 0.6 is 31.1 Å². The van der Waals surface area contributed by atoms with E-state index in [-0.39, 0.29) is 13.4 Å². The summed E-state index contributed by atoms with van der Waals surface area (Å²) < 4.78 is 0. The molecule has 4 heteroatoms. The van der Waals surface area contributed by atoms with Gasteiger partial charge in [0.25, 0.3) is 0 Å². The zero-order valence-electron chi connectivity index (χ0n) is 8.22. The third-order valence-electron chi connectivity index (χ3n) is 1.76. The van der Waals surface area contributed by atoms with Gasteiger partial charge in [0, 0.05) is 0 Å². The molecule has 12 heavy (non-hydrogen) atoms. The third kappa shape index (κ3) is 5.59. The van der Waals surface area contributed by atoms with Crippen molar-refractivity contribution in [1.82, 2.24) is 4.90 Å². The minimum Gasteiger partial charge on any atom is -0.294 e. The van der Waals surface area contributed by atoms with Gasteiger partial charge in [0.1, 0.15) is 0 Å². The van der Waals surface area contributed by atoms with Crippen molar-refractivity contribution >= 4 is 31.1 Å². The van der Waals surface area contributed by atoms with Gasteiger partial charge in [-0.25, -0.2) is 0 Å². The fourth-order valence-electron chi connectivity index (χ4n) is 0.791. The largest absolute Gasteiger partial charge is 0.294 e. The molecule has 0 fully saturated rings. The molecule has 0 N–H and O–H groups in total. The topological polar surface area (TPSA) is 3.24 Å². The van der Waals surface area contributed by atoms with Crippen LogP contribution in [0.4, 0.5) is 0 Å². The van der Waals surface area contributed by atoms with Crippen molar-refractivity contribution in [2.75, 3.05) is 27.4 Å². The maximum absolute atomic E-state index is 6.12. The number of alkyl halides is 2. The van der Waals surface area contributed by atoms with Gasteiger partial charge in [0.2, 0.25) is 0 Å². The van der Waals surface area contributed by atoms with Crippen LogP contribution < -0.4 is 0 Å². The van der Waals surface area contributed by atoms with E-state index >= 15 is 0 Å². The first-order valence-corrected chi connectivity index (χ1v) is 7.24. The van der Waals surface area contributed by atoms with E-state index in [1.54, 1.807) is 0 Å². The molecule has 0 saturated carbocycles. The molecular formula is C8H18Cl2NP. The molecule has 0 aliphatic rings. The Hall–Kier alpha value is 0.970. The molecule has 1 nitrogen and oxygen atoms in total. The van der Waals surface area contributed by atoms with Gasteiger partial charge in [-0.05, 0) is 40.3 Å². The molecule has 2 atom stereocenters. The number of halogens is 2. The second kappa shape index (κ2) is 6.43. The third-order valence-corrected chi connectivity index (χ3v) is 5.14. The number of nitrogens with zero attached hydrogens (tertiary/aromatic N) is 1. The maximum atomic E-state index is 6.12. The highest BCUT2D eigenvalue weighted by atomic mass is 35.5. The Morgan fingerprint density at radius 1 is 1.17 bits per heavy atom. The minimum atomic E-state index is -0.0233. The van der Waals surface area contributed by atoms with Gasteiger partial charge in [-0.15, -0.1) is 23.2 Å². The average Bonchev–Trinajstić information content (AvgIpc) is 1.98. The Morgan fingerprint density at radius 3 is 2.00 bits per heavy atom. The molecule has 0 aromatic heterocycles. The fraction of sp³-hybridized carbons (Fsp3) is 1.00. The van der Waals surface area contributed by atoms with Crippen molar-refractivity contribution in [2.24, 2.45) is 0 Å². The summed E-state index contributed by atoms with van der Waals surface area (Å²) in [6.45, 7) is 4.40. The molecule has 0 aromatic rings. The van der Waals surface area contributed by atoms with Crippen LogP contribution in [0.25, 0.3) is 0 Å². The Bertz CT molecular complexity index is 106. The van der Waals surface area contributed by atoms with E-state index in [0.29, 0.717) is 5.12 Å². The highest BCUT2D eigenvalue weighted by Crippen LogP contribution is 2.38. The Balaban J connectivity index is 3.54. The summed E-state index contributed by atoms with van der Waals surface area (Å²) in [7, 11) is 3.95. The zero-order valence-corrected chi connectivity index (χ0v) is 10.6. The monoisotopic (exact) mass is 229 g/mol. The minimum absolute atomic E-state index is 0.0233. The SMILES string of the molecule is CN(C)C(Cl)CCC(Cl)P(C)C. The lowest BCUT2D eigenvalue weighted by Gasteiger charge is -2.20. The summed E-state index contributed by atoms with van der Waals surface area (Å²) in [6, 6.07) is 0. The van der Waals surface area contributed by atoms with Crippen LogP contribution in [0.5, 0.6) is 0 Å². The second-order valence-electron chi connectivity index (χ2n) is 3.37. The first-order valence-electron chi connectivity index (χ1n) is 4.06. The molecule has 0 amide bonds. The fourth-order valence-corrected chi connectivity index (χ4v) is 1.71. The van der Waals surface area contributed by atoms with Gasteiger partial charge in [0.15, 0.2) is 0 Å². The lowest BCUT2D eigenvalue weighted by atomic mass is 10.3. The highest BCUT2D eigenvalue weighted by Gasteiger charge is 2.13. The van der Waals surface area contributed by atoms with Crippen molar-refractivity contribution in [3.8, 4) is 0 Å². The maximum Gasteiger partial charge on any atom is 0.0846 e. The number of rotatable bonds is 5. The van der Waals surface area contributed by atoms with Crippen LogP contribution in [0.15, 0.2) is 0 Å². The molecule has 0 saturated heterocycles. The predicted molar refractivity (Wildman–Crippen MR) is 61.0 cm³/mol. The Kier molecular flexibility index (Phi) is 6.95. The van der Waals surface area contributed by atoms with Crippen LogP contribution in [0.1, 0.15) is 12.8 Å². The highest BCUT2D eigenvalue weighted by molar-refractivity contribution is 7.58. The molecule has 0 heterocycles. The van der Waals surface area contributed by atoms with Crippen molar-refractivity contribution in [1.29, 1.82) is 0 Å². The summed E-state index contributed by atoms with van der Waals surface area (Å²) in [4.78, 5) is 2.01. The summed E-state index contributed by atoms with van der Waals surface area (Å²) in [5.74, 6) is 0. The Labute approximate surface area is 87.2 Å². The van der Waals surface area contributed by atoms with E-state index < -0.39 is 0 Å². The second-order valence-corrected chi connectivity index (χ2v) is 7.26. The van der Waals surface area contributed by atoms with E-state index in [0.717, 1.165) is 12.8 Å². The van der Waals surface area contributed by atoms with E-state index in [9.17, 15) is 0 Å². The van der Waals surface area contributed by atoms with Crippen LogP contribution in [0, 0.1) is 0 Å². The van der Waals surface area contributed by atoms with Crippen LogP contribution in [-0.4, -0.2) is 42.9 Å². The molecule has 0 aliphatic carbocycles.